The number of aliphatic hydroxyl groups is 1. The van der Waals surface area contributed by atoms with Crippen molar-refractivity contribution in [2.45, 2.75) is 334 Å². The molecule has 1 amide bonds. The van der Waals surface area contributed by atoms with Crippen LogP contribution in [-0.4, -0.2) is 68.5 Å². The van der Waals surface area contributed by atoms with Gasteiger partial charge >= 0.3 is 0 Å². The second kappa shape index (κ2) is 53.1. The fraction of sp³-hybridized carbons (Fsp3) is 0.951. The molecular weight excluding hydrogens is 888 g/mol. The molecule has 0 radical (unpaired) electrons. The quantitative estimate of drug-likeness (QED) is 0.0272. The van der Waals surface area contributed by atoms with Gasteiger partial charge in [-0.25, -0.2) is 0 Å². The Morgan fingerprint density at radius 3 is 1.07 bits per heavy atom. The van der Waals surface area contributed by atoms with Crippen LogP contribution in [0.2, 0.25) is 0 Å². The molecule has 0 saturated carbocycles. The standard InChI is InChI=1S/C61H123N2O6P/c1-6-8-10-12-14-16-18-20-21-22-23-24-25-26-27-28-29-30-31-32-33-34-35-36-37-38-39-40-41-42-43-45-47-49-51-53-55-61(65)62-59(58-69-70(66,67)68-57-56-63(3,4)5)60(64)54-52-50-48-46-44-19-17-15-13-11-9-7-2/h52,54,59-60,64H,6-51,53,55-58H2,1-5H3,(H-,62,65,66,67)/b54-52+/t59-,60+/m0/s1. The average molecular weight is 1010 g/mol. The summed E-state index contributed by atoms with van der Waals surface area (Å²) in [7, 11) is 1.28. The van der Waals surface area contributed by atoms with Crippen LogP contribution in [0.25, 0.3) is 0 Å². The van der Waals surface area contributed by atoms with E-state index in [2.05, 4.69) is 19.2 Å². The van der Waals surface area contributed by atoms with Gasteiger partial charge < -0.3 is 28.8 Å². The van der Waals surface area contributed by atoms with Gasteiger partial charge in [0, 0.05) is 6.42 Å². The maximum absolute atomic E-state index is 12.9. The highest BCUT2D eigenvalue weighted by Gasteiger charge is 2.23. The average Bonchev–Trinajstić information content (AvgIpc) is 3.32. The largest absolute Gasteiger partial charge is 0.756 e. The van der Waals surface area contributed by atoms with E-state index >= 15 is 0 Å². The molecule has 0 saturated heterocycles. The number of amides is 1. The van der Waals surface area contributed by atoms with E-state index in [1.54, 1.807) is 6.08 Å². The van der Waals surface area contributed by atoms with Crippen molar-refractivity contribution in [3.63, 3.8) is 0 Å². The van der Waals surface area contributed by atoms with Crippen molar-refractivity contribution in [3.8, 4) is 0 Å². The molecule has 418 valence electrons. The summed E-state index contributed by atoms with van der Waals surface area (Å²) in [6.45, 7) is 4.68. The summed E-state index contributed by atoms with van der Waals surface area (Å²) >= 11 is 0. The maximum atomic E-state index is 12.9. The minimum absolute atomic E-state index is 0.00236. The minimum atomic E-state index is -4.59. The number of unbranched alkanes of at least 4 members (excludes halogenated alkanes) is 45. The lowest BCUT2D eigenvalue weighted by molar-refractivity contribution is -0.870. The Kier molecular flexibility index (Phi) is 52.5. The van der Waals surface area contributed by atoms with Gasteiger partial charge in [-0.15, -0.1) is 0 Å². The van der Waals surface area contributed by atoms with Crippen molar-refractivity contribution >= 4 is 13.7 Å². The first-order valence-electron chi connectivity index (χ1n) is 31.1. The first-order valence-corrected chi connectivity index (χ1v) is 32.5. The number of hydrogen-bond acceptors (Lipinski definition) is 6. The molecular formula is C61H123N2O6P. The van der Waals surface area contributed by atoms with Crippen LogP contribution < -0.4 is 10.2 Å². The summed E-state index contributed by atoms with van der Waals surface area (Å²) in [5.74, 6) is -0.191. The Balaban J connectivity index is 3.86. The fourth-order valence-corrected chi connectivity index (χ4v) is 10.4. The van der Waals surface area contributed by atoms with Gasteiger partial charge in [0.15, 0.2) is 0 Å². The highest BCUT2D eigenvalue weighted by molar-refractivity contribution is 7.45. The minimum Gasteiger partial charge on any atom is -0.756 e. The number of likely N-dealkylation sites (N-methyl/N-ethyl adjacent to an activating group) is 1. The molecule has 0 aliphatic heterocycles. The van der Waals surface area contributed by atoms with Gasteiger partial charge in [-0.05, 0) is 19.3 Å². The molecule has 3 atom stereocenters. The molecule has 0 rings (SSSR count). The van der Waals surface area contributed by atoms with E-state index in [1.165, 1.54) is 263 Å². The Morgan fingerprint density at radius 1 is 0.486 bits per heavy atom. The van der Waals surface area contributed by atoms with E-state index in [9.17, 15) is 19.4 Å². The third-order valence-corrected chi connectivity index (χ3v) is 15.5. The summed E-state index contributed by atoms with van der Waals surface area (Å²) in [6.07, 6.45) is 66.2. The molecule has 1 unspecified atom stereocenters. The molecule has 0 aromatic heterocycles. The Morgan fingerprint density at radius 2 is 0.771 bits per heavy atom. The summed E-state index contributed by atoms with van der Waals surface area (Å²) in [5, 5.41) is 13.8. The molecule has 0 bridgehead atoms. The predicted molar refractivity (Wildman–Crippen MR) is 302 cm³/mol. The second-order valence-electron chi connectivity index (χ2n) is 22.8. The van der Waals surface area contributed by atoms with Crippen LogP contribution in [0.15, 0.2) is 12.2 Å². The van der Waals surface area contributed by atoms with E-state index in [0.29, 0.717) is 17.4 Å². The van der Waals surface area contributed by atoms with E-state index in [4.69, 9.17) is 9.05 Å². The van der Waals surface area contributed by atoms with Gasteiger partial charge in [-0.2, -0.15) is 0 Å². The first-order chi connectivity index (χ1) is 34.0. The van der Waals surface area contributed by atoms with E-state index in [1.807, 2.05) is 27.2 Å². The van der Waals surface area contributed by atoms with Crippen molar-refractivity contribution in [2.75, 3.05) is 40.9 Å². The van der Waals surface area contributed by atoms with Crippen LogP contribution >= 0.6 is 7.82 Å². The van der Waals surface area contributed by atoms with Crippen LogP contribution in [-0.2, 0) is 18.4 Å². The number of hydrogen-bond donors (Lipinski definition) is 2. The lowest BCUT2D eigenvalue weighted by Crippen LogP contribution is -2.45. The number of phosphoric ester groups is 1. The molecule has 2 N–H and O–H groups in total. The molecule has 0 heterocycles. The van der Waals surface area contributed by atoms with Crippen LogP contribution in [0.5, 0.6) is 0 Å². The first kappa shape index (κ1) is 69.2. The van der Waals surface area contributed by atoms with Gasteiger partial charge in [-0.1, -0.05) is 309 Å². The number of phosphoric acid groups is 1. The molecule has 0 aromatic carbocycles. The number of quaternary nitrogens is 1. The zero-order valence-corrected chi connectivity index (χ0v) is 48.6. The van der Waals surface area contributed by atoms with E-state index < -0.39 is 20.0 Å². The molecule has 0 aliphatic rings. The second-order valence-corrected chi connectivity index (χ2v) is 24.2. The van der Waals surface area contributed by atoms with Crippen molar-refractivity contribution in [2.24, 2.45) is 0 Å². The van der Waals surface area contributed by atoms with E-state index in [0.717, 1.165) is 38.5 Å². The lowest BCUT2D eigenvalue weighted by Gasteiger charge is -2.29. The van der Waals surface area contributed by atoms with Gasteiger partial charge in [0.05, 0.1) is 39.9 Å². The monoisotopic (exact) mass is 1010 g/mol. The van der Waals surface area contributed by atoms with Crippen LogP contribution in [0.3, 0.4) is 0 Å². The van der Waals surface area contributed by atoms with Crippen molar-refractivity contribution in [3.05, 3.63) is 12.2 Å². The van der Waals surface area contributed by atoms with Gasteiger partial charge in [-0.3, -0.25) is 9.36 Å². The Bertz CT molecular complexity index is 1150. The van der Waals surface area contributed by atoms with Crippen LogP contribution in [0.4, 0.5) is 0 Å². The zero-order chi connectivity index (χ0) is 51.3. The number of aliphatic hydroxyl groups excluding tert-OH is 1. The fourth-order valence-electron chi connectivity index (χ4n) is 9.63. The number of rotatable bonds is 58. The predicted octanol–water partition coefficient (Wildman–Crippen LogP) is 18.4. The molecule has 0 aromatic rings. The smallest absolute Gasteiger partial charge is 0.268 e. The highest BCUT2D eigenvalue weighted by Crippen LogP contribution is 2.38. The number of allylic oxidation sites excluding steroid dienone is 1. The Hall–Kier alpha value is -0.760. The number of carbonyl (C=O) groups is 1. The lowest BCUT2D eigenvalue weighted by atomic mass is 10.0. The summed E-state index contributed by atoms with van der Waals surface area (Å²) in [6, 6.07) is -0.881. The third-order valence-electron chi connectivity index (χ3n) is 14.5. The normalized spacial score (nSPS) is 13.9. The highest BCUT2D eigenvalue weighted by atomic mass is 31.2. The molecule has 0 fully saturated rings. The third kappa shape index (κ3) is 55.0. The van der Waals surface area contributed by atoms with E-state index in [-0.39, 0.29) is 19.1 Å². The SMILES string of the molecule is CCCCCCCCCCCC/C=C/[C@@H](O)[C@H](COP(=O)([O-])OCC[N+](C)(C)C)NC(=O)CCCCCCCCCCCCCCCCCCCCCCCCCCCCCCCCCCCCCC. The van der Waals surface area contributed by atoms with Gasteiger partial charge in [0.2, 0.25) is 5.91 Å². The summed E-state index contributed by atoms with van der Waals surface area (Å²) in [4.78, 5) is 25.4. The molecule has 70 heavy (non-hydrogen) atoms. The topological polar surface area (TPSA) is 108 Å². The van der Waals surface area contributed by atoms with Gasteiger partial charge in [0.1, 0.15) is 13.2 Å². The molecule has 0 spiro atoms. The van der Waals surface area contributed by atoms with Crippen molar-refractivity contribution < 1.29 is 32.9 Å². The summed E-state index contributed by atoms with van der Waals surface area (Å²) in [5.41, 5.74) is 0. The van der Waals surface area contributed by atoms with Crippen LogP contribution in [0, 0.1) is 0 Å². The van der Waals surface area contributed by atoms with Gasteiger partial charge in [0.25, 0.3) is 7.82 Å². The number of nitrogens with one attached hydrogen (secondary N) is 1. The summed E-state index contributed by atoms with van der Waals surface area (Å²) < 4.78 is 23.3. The molecule has 9 heteroatoms. The molecule has 0 aliphatic carbocycles. The molecule has 8 nitrogen and oxygen atoms in total. The van der Waals surface area contributed by atoms with Crippen molar-refractivity contribution in [1.29, 1.82) is 0 Å². The maximum Gasteiger partial charge on any atom is 0.268 e. The number of nitrogens with zero attached hydrogens (tertiary/aromatic N) is 1. The number of carbonyl (C=O) groups excluding carboxylic acids is 1. The zero-order valence-electron chi connectivity index (χ0n) is 47.8. The van der Waals surface area contributed by atoms with Crippen LogP contribution in [0.1, 0.15) is 322 Å². The van der Waals surface area contributed by atoms with Crippen molar-refractivity contribution in [1.82, 2.24) is 5.32 Å². The Labute approximate surface area is 437 Å².